The zero-order valence-electron chi connectivity index (χ0n) is 19.5. The molecule has 4 nitrogen and oxygen atoms in total. The van der Waals surface area contributed by atoms with E-state index in [4.69, 9.17) is 4.98 Å². The third kappa shape index (κ3) is 3.64. The Labute approximate surface area is 205 Å². The molecule has 3 heterocycles. The van der Waals surface area contributed by atoms with Crippen LogP contribution in [0.3, 0.4) is 0 Å². The van der Waals surface area contributed by atoms with Crippen molar-refractivity contribution in [2.75, 3.05) is 4.90 Å². The minimum absolute atomic E-state index is 0.265. The fourth-order valence-electron chi connectivity index (χ4n) is 5.09. The first kappa shape index (κ1) is 21.1. The van der Waals surface area contributed by atoms with Gasteiger partial charge in [0.2, 0.25) is 0 Å². The highest BCUT2D eigenvalue weighted by Gasteiger charge is 2.22. The van der Waals surface area contributed by atoms with Crippen LogP contribution in [0.1, 0.15) is 23.7 Å². The summed E-state index contributed by atoms with van der Waals surface area (Å²) in [6.45, 7) is 8.51. The van der Waals surface area contributed by atoms with Gasteiger partial charge in [0.05, 0.1) is 29.5 Å². The Hall–Kier alpha value is -4.44. The molecule has 1 aliphatic heterocycles. The SMILES string of the molecule is C=NCc1cccc(N2/C=C\C=C/C(=C)c3cc4c5ccccc5n(C5C=CC=CC5)c4cc32)n1. The number of pyridine rings is 1. The van der Waals surface area contributed by atoms with Gasteiger partial charge in [0.15, 0.2) is 0 Å². The van der Waals surface area contributed by atoms with E-state index in [1.807, 2.05) is 30.4 Å². The fraction of sp³-hybridized carbons (Fsp3) is 0.0968. The summed E-state index contributed by atoms with van der Waals surface area (Å²) in [4.78, 5) is 11.0. The molecule has 0 saturated carbocycles. The van der Waals surface area contributed by atoms with E-state index in [2.05, 4.69) is 101 Å². The molecule has 2 aliphatic rings. The minimum atomic E-state index is 0.265. The van der Waals surface area contributed by atoms with Crippen molar-refractivity contribution in [1.29, 1.82) is 0 Å². The van der Waals surface area contributed by atoms with Gasteiger partial charge < -0.3 is 9.47 Å². The van der Waals surface area contributed by atoms with Crippen LogP contribution < -0.4 is 4.90 Å². The zero-order chi connectivity index (χ0) is 23.8. The van der Waals surface area contributed by atoms with Crippen LogP contribution in [-0.2, 0) is 6.54 Å². The second-order valence-electron chi connectivity index (χ2n) is 8.85. The van der Waals surface area contributed by atoms with Crippen molar-refractivity contribution in [3.8, 4) is 0 Å². The van der Waals surface area contributed by atoms with Crippen molar-refractivity contribution in [3.05, 3.63) is 121 Å². The van der Waals surface area contributed by atoms with Crippen LogP contribution >= 0.6 is 0 Å². The van der Waals surface area contributed by atoms with E-state index in [1.54, 1.807) is 0 Å². The van der Waals surface area contributed by atoms with Gasteiger partial charge in [-0.15, -0.1) is 0 Å². The molecule has 4 heteroatoms. The average molecular weight is 455 g/mol. The van der Waals surface area contributed by atoms with E-state index in [0.29, 0.717) is 6.54 Å². The molecule has 2 aromatic heterocycles. The maximum atomic E-state index is 4.88. The summed E-state index contributed by atoms with van der Waals surface area (Å²) in [7, 11) is 0. The van der Waals surface area contributed by atoms with E-state index in [9.17, 15) is 0 Å². The van der Waals surface area contributed by atoms with Gasteiger partial charge in [-0.25, -0.2) is 4.98 Å². The van der Waals surface area contributed by atoms with Gasteiger partial charge in [-0.3, -0.25) is 4.99 Å². The number of aromatic nitrogens is 2. The highest BCUT2D eigenvalue weighted by Crippen LogP contribution is 2.42. The van der Waals surface area contributed by atoms with Crippen LogP contribution in [0.2, 0.25) is 0 Å². The Kier molecular flexibility index (Phi) is 5.27. The topological polar surface area (TPSA) is 33.4 Å². The molecule has 0 spiro atoms. The molecule has 1 unspecified atom stereocenters. The Morgan fingerprint density at radius 2 is 1.86 bits per heavy atom. The van der Waals surface area contributed by atoms with Crippen LogP contribution in [0.5, 0.6) is 0 Å². The highest BCUT2D eigenvalue weighted by molar-refractivity contribution is 6.11. The van der Waals surface area contributed by atoms with Gasteiger partial charge in [-0.05, 0) is 55.1 Å². The third-order valence-electron chi connectivity index (χ3n) is 6.68. The number of anilines is 2. The standard InChI is InChI=1S/C31H26N4/c1-22-11-8-9-18-34(31-17-10-12-23(33-31)21-32-2)29-20-30-27(19-26(22)29)25-15-6-7-16-28(25)35(30)24-13-4-3-5-14-24/h3-13,15-20,24H,1-2,14,21H2/b11-8-,18-9-. The first-order chi connectivity index (χ1) is 17.2. The third-order valence-corrected chi connectivity index (χ3v) is 6.68. The summed E-state index contributed by atoms with van der Waals surface area (Å²) < 4.78 is 2.47. The lowest BCUT2D eigenvalue weighted by Crippen LogP contribution is -2.14. The number of aliphatic imine (C=N–C) groups is 1. The molecule has 0 saturated heterocycles. The number of para-hydroxylation sites is 1. The van der Waals surface area contributed by atoms with Crippen LogP contribution in [-0.4, -0.2) is 16.3 Å². The molecule has 4 aromatic rings. The summed E-state index contributed by atoms with van der Waals surface area (Å²) in [5.41, 5.74) is 6.45. The number of fused-ring (bicyclic) bond motifs is 4. The Balaban J connectivity index is 1.64. The van der Waals surface area contributed by atoms with Gasteiger partial charge in [-0.1, -0.05) is 67.3 Å². The monoisotopic (exact) mass is 454 g/mol. The number of hydrogen-bond acceptors (Lipinski definition) is 3. The lowest BCUT2D eigenvalue weighted by Gasteiger charge is -2.25. The summed E-state index contributed by atoms with van der Waals surface area (Å²) in [5, 5.41) is 2.49. The second-order valence-corrected chi connectivity index (χ2v) is 8.85. The summed E-state index contributed by atoms with van der Waals surface area (Å²) >= 11 is 0. The molecular formula is C31H26N4. The Morgan fingerprint density at radius 1 is 0.943 bits per heavy atom. The highest BCUT2D eigenvalue weighted by atomic mass is 15.2. The number of benzene rings is 2. The van der Waals surface area contributed by atoms with Crippen LogP contribution in [0.25, 0.3) is 27.4 Å². The number of rotatable bonds is 4. The van der Waals surface area contributed by atoms with Crippen molar-refractivity contribution in [2.24, 2.45) is 4.99 Å². The van der Waals surface area contributed by atoms with Gasteiger partial charge in [0, 0.05) is 28.1 Å². The Bertz CT molecular complexity index is 1600. The van der Waals surface area contributed by atoms with Gasteiger partial charge in [0.1, 0.15) is 5.82 Å². The molecule has 0 bridgehead atoms. The maximum Gasteiger partial charge on any atom is 0.137 e. The lowest BCUT2D eigenvalue weighted by atomic mass is 9.99. The van der Waals surface area contributed by atoms with E-state index in [0.717, 1.165) is 34.8 Å². The molecule has 2 aromatic carbocycles. The molecule has 1 aliphatic carbocycles. The van der Waals surface area contributed by atoms with Gasteiger partial charge in [-0.2, -0.15) is 0 Å². The summed E-state index contributed by atoms with van der Waals surface area (Å²) in [6.07, 6.45) is 18.0. The molecule has 0 fully saturated rings. The van der Waals surface area contributed by atoms with Crippen LogP contribution in [0, 0.1) is 0 Å². The summed E-state index contributed by atoms with van der Waals surface area (Å²) in [5.74, 6) is 0.842. The van der Waals surface area contributed by atoms with Crippen LogP contribution in [0.4, 0.5) is 11.5 Å². The first-order valence-corrected chi connectivity index (χ1v) is 11.9. The van der Waals surface area contributed by atoms with E-state index in [-0.39, 0.29) is 6.04 Å². The molecule has 0 N–H and O–H groups in total. The predicted octanol–water partition coefficient (Wildman–Crippen LogP) is 7.68. The second kappa shape index (κ2) is 8.73. The fourth-order valence-corrected chi connectivity index (χ4v) is 5.09. The van der Waals surface area contributed by atoms with Crippen molar-refractivity contribution in [3.63, 3.8) is 0 Å². The van der Waals surface area contributed by atoms with E-state index < -0.39 is 0 Å². The number of hydrogen-bond donors (Lipinski definition) is 0. The summed E-state index contributed by atoms with van der Waals surface area (Å²) in [6, 6.07) is 19.6. The molecule has 1 atom stereocenters. The number of allylic oxidation sites excluding steroid dienone is 8. The Morgan fingerprint density at radius 3 is 2.71 bits per heavy atom. The van der Waals surface area contributed by atoms with E-state index >= 15 is 0 Å². The minimum Gasteiger partial charge on any atom is -0.333 e. The lowest BCUT2D eigenvalue weighted by molar-refractivity contribution is 0.648. The predicted molar refractivity (Wildman–Crippen MR) is 148 cm³/mol. The van der Waals surface area contributed by atoms with Crippen molar-refractivity contribution in [1.82, 2.24) is 9.55 Å². The van der Waals surface area contributed by atoms with Gasteiger partial charge in [0.25, 0.3) is 0 Å². The molecule has 0 radical (unpaired) electrons. The smallest absolute Gasteiger partial charge is 0.137 e. The zero-order valence-corrected chi connectivity index (χ0v) is 19.5. The van der Waals surface area contributed by atoms with Crippen molar-refractivity contribution < 1.29 is 0 Å². The molecule has 170 valence electrons. The first-order valence-electron chi connectivity index (χ1n) is 11.9. The molecular weight excluding hydrogens is 428 g/mol. The van der Waals surface area contributed by atoms with Crippen molar-refractivity contribution in [2.45, 2.75) is 19.0 Å². The molecule has 6 rings (SSSR count). The largest absolute Gasteiger partial charge is 0.333 e. The van der Waals surface area contributed by atoms with Gasteiger partial charge >= 0.3 is 0 Å². The molecule has 0 amide bonds. The van der Waals surface area contributed by atoms with Crippen molar-refractivity contribution >= 4 is 45.6 Å². The van der Waals surface area contributed by atoms with Crippen LogP contribution in [0.15, 0.2) is 115 Å². The average Bonchev–Trinajstić information content (AvgIpc) is 3.21. The quantitative estimate of drug-likeness (QED) is 0.296. The van der Waals surface area contributed by atoms with E-state index in [1.165, 1.54) is 21.8 Å². The normalized spacial score (nSPS) is 18.9. The number of nitrogens with zero attached hydrogens (tertiary/aromatic N) is 4. The maximum absolute atomic E-state index is 4.88. The molecule has 35 heavy (non-hydrogen) atoms.